The first kappa shape index (κ1) is 14.7. The minimum atomic E-state index is -1.24. The van der Waals surface area contributed by atoms with Crippen molar-refractivity contribution in [2.45, 2.75) is 31.8 Å². The third-order valence-electron chi connectivity index (χ3n) is 2.41. The van der Waals surface area contributed by atoms with Crippen molar-refractivity contribution in [3.05, 3.63) is 18.5 Å². The molecule has 0 aliphatic rings. The molecule has 1 rings (SSSR count). The summed E-state index contributed by atoms with van der Waals surface area (Å²) in [5, 5.41) is 23.5. The van der Waals surface area contributed by atoms with E-state index in [9.17, 15) is 14.4 Å². The molecular formula is C11H15N3O5. The zero-order valence-corrected chi connectivity index (χ0v) is 10.2. The highest BCUT2D eigenvalue weighted by Gasteiger charge is 2.20. The summed E-state index contributed by atoms with van der Waals surface area (Å²) in [7, 11) is 0. The summed E-state index contributed by atoms with van der Waals surface area (Å²) in [4.78, 5) is 32.8. The van der Waals surface area contributed by atoms with E-state index >= 15 is 0 Å². The van der Waals surface area contributed by atoms with Gasteiger partial charge in [-0.1, -0.05) is 0 Å². The number of hydrogen-bond donors (Lipinski definition) is 3. The molecule has 0 fully saturated rings. The quantitative estimate of drug-likeness (QED) is 0.596. The molecule has 1 atom stereocenters. The number of nitrogens with one attached hydrogen (secondary N) is 1. The normalized spacial score (nSPS) is 11.8. The van der Waals surface area contributed by atoms with Crippen LogP contribution in [0.3, 0.4) is 0 Å². The third-order valence-corrected chi connectivity index (χ3v) is 2.41. The van der Waals surface area contributed by atoms with E-state index in [-0.39, 0.29) is 19.3 Å². The van der Waals surface area contributed by atoms with Gasteiger partial charge in [-0.3, -0.25) is 14.3 Å². The monoisotopic (exact) mass is 269 g/mol. The van der Waals surface area contributed by atoms with Crippen LogP contribution in [0.2, 0.25) is 0 Å². The van der Waals surface area contributed by atoms with Crippen molar-refractivity contribution < 1.29 is 24.6 Å². The number of aliphatic carboxylic acids is 2. The molecule has 0 saturated heterocycles. The molecule has 19 heavy (non-hydrogen) atoms. The lowest BCUT2D eigenvalue weighted by atomic mass is 10.1. The van der Waals surface area contributed by atoms with E-state index in [0.29, 0.717) is 6.54 Å². The van der Waals surface area contributed by atoms with Crippen LogP contribution in [0.15, 0.2) is 18.5 Å². The van der Waals surface area contributed by atoms with Gasteiger partial charge in [0, 0.05) is 31.8 Å². The molecular weight excluding hydrogens is 254 g/mol. The second-order valence-corrected chi connectivity index (χ2v) is 3.91. The first-order valence-corrected chi connectivity index (χ1v) is 5.70. The Labute approximate surface area is 109 Å². The molecule has 1 aromatic rings. The lowest BCUT2D eigenvalue weighted by Crippen LogP contribution is -2.41. The van der Waals surface area contributed by atoms with Gasteiger partial charge >= 0.3 is 11.9 Å². The Balaban J connectivity index is 2.38. The van der Waals surface area contributed by atoms with Crippen LogP contribution in [-0.2, 0) is 20.9 Å². The maximum Gasteiger partial charge on any atom is 0.326 e. The molecule has 0 aliphatic heterocycles. The number of rotatable bonds is 8. The molecule has 0 saturated carbocycles. The fourth-order valence-electron chi connectivity index (χ4n) is 1.44. The van der Waals surface area contributed by atoms with Gasteiger partial charge in [-0.15, -0.1) is 0 Å². The van der Waals surface area contributed by atoms with Crippen LogP contribution in [0.5, 0.6) is 0 Å². The number of carboxylic acids is 2. The van der Waals surface area contributed by atoms with Crippen molar-refractivity contribution in [3.63, 3.8) is 0 Å². The summed E-state index contributed by atoms with van der Waals surface area (Å²) >= 11 is 0. The molecule has 3 N–H and O–H groups in total. The molecule has 104 valence electrons. The average Bonchev–Trinajstić information content (AvgIpc) is 2.84. The Morgan fingerprint density at radius 2 is 2.00 bits per heavy atom. The number of aryl methyl sites for hydroxylation is 1. The number of aromatic nitrogens is 2. The standard InChI is InChI=1S/C11H15N3O5/c15-9(4-7-14-6-1-5-12-14)13-8(11(18)19)2-3-10(16)17/h1,5-6,8H,2-4,7H2,(H,13,15)(H,16,17)(H,18,19)/t8-/m0/s1. The molecule has 1 aromatic heterocycles. The Hall–Kier alpha value is -2.38. The maximum absolute atomic E-state index is 11.5. The minimum absolute atomic E-state index is 0.0819. The smallest absolute Gasteiger partial charge is 0.326 e. The number of carbonyl (C=O) groups excluding carboxylic acids is 1. The number of hydrogen-bond acceptors (Lipinski definition) is 4. The zero-order valence-electron chi connectivity index (χ0n) is 10.2. The number of carbonyl (C=O) groups is 3. The number of nitrogens with zero attached hydrogens (tertiary/aromatic N) is 2. The van der Waals surface area contributed by atoms with E-state index < -0.39 is 23.9 Å². The summed E-state index contributed by atoms with van der Waals surface area (Å²) < 4.78 is 1.55. The van der Waals surface area contributed by atoms with Crippen LogP contribution in [0.25, 0.3) is 0 Å². The first-order chi connectivity index (χ1) is 8.99. The highest BCUT2D eigenvalue weighted by Crippen LogP contribution is 1.99. The number of amides is 1. The molecule has 0 aromatic carbocycles. The van der Waals surface area contributed by atoms with Gasteiger partial charge in [0.05, 0.1) is 0 Å². The summed E-state index contributed by atoms with van der Waals surface area (Å²) in [6, 6.07) is 0.534. The first-order valence-electron chi connectivity index (χ1n) is 5.70. The number of carboxylic acid groups (broad SMARTS) is 2. The van der Waals surface area contributed by atoms with Gasteiger partial charge in [-0.2, -0.15) is 5.10 Å². The fourth-order valence-corrected chi connectivity index (χ4v) is 1.44. The molecule has 8 heteroatoms. The van der Waals surface area contributed by atoms with E-state index in [4.69, 9.17) is 10.2 Å². The fraction of sp³-hybridized carbons (Fsp3) is 0.455. The largest absolute Gasteiger partial charge is 0.481 e. The van der Waals surface area contributed by atoms with Crippen molar-refractivity contribution in [2.75, 3.05) is 0 Å². The molecule has 1 heterocycles. The Bertz CT molecular complexity index is 443. The average molecular weight is 269 g/mol. The highest BCUT2D eigenvalue weighted by atomic mass is 16.4. The molecule has 0 spiro atoms. The van der Waals surface area contributed by atoms with Gasteiger partial charge in [0.15, 0.2) is 0 Å². The van der Waals surface area contributed by atoms with Crippen LogP contribution < -0.4 is 5.32 Å². The predicted molar refractivity (Wildman–Crippen MR) is 63.3 cm³/mol. The molecule has 0 unspecified atom stereocenters. The van der Waals surface area contributed by atoms with E-state index in [1.807, 2.05) is 0 Å². The van der Waals surface area contributed by atoms with Crippen LogP contribution in [0.1, 0.15) is 19.3 Å². The summed E-state index contributed by atoms with van der Waals surface area (Å²) in [6.45, 7) is 0.337. The molecule has 0 radical (unpaired) electrons. The minimum Gasteiger partial charge on any atom is -0.481 e. The van der Waals surface area contributed by atoms with Gasteiger partial charge < -0.3 is 15.5 Å². The summed E-state index contributed by atoms with van der Waals surface area (Å²) in [5.41, 5.74) is 0. The lowest BCUT2D eigenvalue weighted by molar-refractivity contribution is -0.143. The van der Waals surface area contributed by atoms with E-state index in [1.54, 1.807) is 23.1 Å². The molecule has 8 nitrogen and oxygen atoms in total. The van der Waals surface area contributed by atoms with Crippen LogP contribution >= 0.6 is 0 Å². The zero-order chi connectivity index (χ0) is 14.3. The summed E-state index contributed by atoms with van der Waals surface area (Å²) in [6.07, 6.45) is 2.89. The van der Waals surface area contributed by atoms with Crippen molar-refractivity contribution in [2.24, 2.45) is 0 Å². The van der Waals surface area contributed by atoms with Crippen LogP contribution in [-0.4, -0.2) is 43.9 Å². The highest BCUT2D eigenvalue weighted by molar-refractivity contribution is 5.83. The van der Waals surface area contributed by atoms with Gasteiger partial charge in [0.1, 0.15) is 6.04 Å². The van der Waals surface area contributed by atoms with Crippen LogP contribution in [0.4, 0.5) is 0 Å². The van der Waals surface area contributed by atoms with Crippen LogP contribution in [0, 0.1) is 0 Å². The predicted octanol–water partition coefficient (Wildman–Crippen LogP) is -0.293. The van der Waals surface area contributed by atoms with E-state index in [2.05, 4.69) is 10.4 Å². The second-order valence-electron chi connectivity index (χ2n) is 3.91. The SMILES string of the molecule is O=C(O)CC[C@H](NC(=O)CCn1cccn1)C(=O)O. The Kier molecular flexibility index (Phi) is 5.52. The summed E-state index contributed by atoms with van der Waals surface area (Å²) in [5.74, 6) is -2.79. The topological polar surface area (TPSA) is 122 Å². The molecule has 0 bridgehead atoms. The lowest BCUT2D eigenvalue weighted by Gasteiger charge is -2.13. The van der Waals surface area contributed by atoms with Gasteiger partial charge in [0.25, 0.3) is 0 Å². The molecule has 0 aliphatic carbocycles. The Morgan fingerprint density at radius 3 is 2.53 bits per heavy atom. The van der Waals surface area contributed by atoms with Crippen molar-refractivity contribution >= 4 is 17.8 Å². The van der Waals surface area contributed by atoms with E-state index in [1.165, 1.54) is 0 Å². The third kappa shape index (κ3) is 5.66. The second kappa shape index (κ2) is 7.14. The van der Waals surface area contributed by atoms with Gasteiger partial charge in [-0.25, -0.2) is 4.79 Å². The maximum atomic E-state index is 11.5. The van der Waals surface area contributed by atoms with Gasteiger partial charge in [0.2, 0.25) is 5.91 Å². The van der Waals surface area contributed by atoms with Crippen molar-refractivity contribution in [1.29, 1.82) is 0 Å². The van der Waals surface area contributed by atoms with E-state index in [0.717, 1.165) is 0 Å². The van der Waals surface area contributed by atoms with Crippen molar-refractivity contribution in [1.82, 2.24) is 15.1 Å². The molecule has 1 amide bonds. The van der Waals surface area contributed by atoms with Gasteiger partial charge in [-0.05, 0) is 12.5 Å². The van der Waals surface area contributed by atoms with Crippen molar-refractivity contribution in [3.8, 4) is 0 Å². The Morgan fingerprint density at radius 1 is 1.26 bits per heavy atom.